The first-order valence-electron chi connectivity index (χ1n) is 7.64. The number of hydrogen-bond acceptors (Lipinski definition) is 5. The predicted molar refractivity (Wildman–Crippen MR) is 96.8 cm³/mol. The summed E-state index contributed by atoms with van der Waals surface area (Å²) >= 11 is 1.34. The van der Waals surface area contributed by atoms with Gasteiger partial charge in [-0.05, 0) is 56.2 Å². The second-order valence-electron chi connectivity index (χ2n) is 5.70. The van der Waals surface area contributed by atoms with Gasteiger partial charge in [-0.1, -0.05) is 17.4 Å². The number of furan rings is 1. The molecule has 0 bridgehead atoms. The molecule has 0 unspecified atom stereocenters. The largest absolute Gasteiger partial charge is 0.467 e. The quantitative estimate of drug-likeness (QED) is 0.716. The van der Waals surface area contributed by atoms with Gasteiger partial charge in [-0.25, -0.2) is 4.98 Å². The second-order valence-corrected chi connectivity index (χ2v) is 6.70. The van der Waals surface area contributed by atoms with Crippen LogP contribution in [0.15, 0.2) is 41.0 Å². The maximum Gasteiger partial charge on any atom is 0.267 e. The normalized spacial score (nSPS) is 10.6. The Morgan fingerprint density at radius 2 is 1.96 bits per heavy atom. The number of benzene rings is 1. The second kappa shape index (κ2) is 6.88. The lowest BCUT2D eigenvalue weighted by Gasteiger charge is -2.06. The van der Waals surface area contributed by atoms with Crippen LogP contribution in [-0.4, -0.2) is 10.9 Å². The van der Waals surface area contributed by atoms with Crippen molar-refractivity contribution >= 4 is 28.1 Å². The van der Waals surface area contributed by atoms with Gasteiger partial charge >= 0.3 is 0 Å². The zero-order chi connectivity index (χ0) is 17.1. The molecule has 1 amide bonds. The molecule has 2 N–H and O–H groups in total. The Morgan fingerprint density at radius 3 is 2.62 bits per heavy atom. The average Bonchev–Trinajstić information content (AvgIpc) is 3.13. The molecule has 3 aromatic rings. The topological polar surface area (TPSA) is 67.2 Å². The predicted octanol–water partition coefficient (Wildman–Crippen LogP) is 4.53. The summed E-state index contributed by atoms with van der Waals surface area (Å²) in [5.41, 5.74) is 3.75. The van der Waals surface area contributed by atoms with Crippen LogP contribution < -0.4 is 10.6 Å². The fourth-order valence-corrected chi connectivity index (χ4v) is 3.35. The van der Waals surface area contributed by atoms with Crippen LogP contribution in [-0.2, 0) is 6.54 Å². The van der Waals surface area contributed by atoms with Crippen molar-refractivity contribution in [2.45, 2.75) is 27.3 Å². The van der Waals surface area contributed by atoms with Crippen molar-refractivity contribution in [3.8, 4) is 0 Å². The van der Waals surface area contributed by atoms with E-state index in [4.69, 9.17) is 4.42 Å². The SMILES string of the molecule is Cc1cc(C)cc(NC(=O)c2sc(NCc3ccco3)nc2C)c1. The molecule has 6 heteroatoms. The van der Waals surface area contributed by atoms with Gasteiger partial charge < -0.3 is 15.1 Å². The van der Waals surface area contributed by atoms with Crippen LogP contribution in [0.3, 0.4) is 0 Å². The molecule has 24 heavy (non-hydrogen) atoms. The fourth-order valence-electron chi connectivity index (χ4n) is 2.49. The number of carbonyl (C=O) groups excluding carboxylic acids is 1. The number of anilines is 2. The van der Waals surface area contributed by atoms with Crippen molar-refractivity contribution in [1.82, 2.24) is 4.98 Å². The molecule has 0 spiro atoms. The number of amides is 1. The molecule has 5 nitrogen and oxygen atoms in total. The zero-order valence-corrected chi connectivity index (χ0v) is 14.7. The molecule has 0 aliphatic rings. The number of nitrogens with zero attached hydrogens (tertiary/aromatic N) is 1. The molecule has 0 aliphatic heterocycles. The molecule has 1 aromatic carbocycles. The van der Waals surface area contributed by atoms with Gasteiger partial charge in [0.25, 0.3) is 5.91 Å². The summed E-state index contributed by atoms with van der Waals surface area (Å²) in [4.78, 5) is 17.5. The molecule has 2 aromatic heterocycles. The number of nitrogens with one attached hydrogen (secondary N) is 2. The van der Waals surface area contributed by atoms with E-state index < -0.39 is 0 Å². The lowest BCUT2D eigenvalue weighted by atomic mass is 10.1. The van der Waals surface area contributed by atoms with Crippen LogP contribution in [0.4, 0.5) is 10.8 Å². The van der Waals surface area contributed by atoms with Crippen LogP contribution in [0, 0.1) is 20.8 Å². The summed E-state index contributed by atoms with van der Waals surface area (Å²) in [5, 5.41) is 6.83. The van der Waals surface area contributed by atoms with Crippen molar-refractivity contribution in [3.05, 3.63) is 64.1 Å². The Kier molecular flexibility index (Phi) is 4.66. The third kappa shape index (κ3) is 3.83. The summed E-state index contributed by atoms with van der Waals surface area (Å²) in [7, 11) is 0. The maximum atomic E-state index is 12.5. The van der Waals surface area contributed by atoms with E-state index in [9.17, 15) is 4.79 Å². The van der Waals surface area contributed by atoms with E-state index in [-0.39, 0.29) is 5.91 Å². The van der Waals surface area contributed by atoms with Crippen LogP contribution in [0.2, 0.25) is 0 Å². The molecule has 0 atom stereocenters. The van der Waals surface area contributed by atoms with Crippen molar-refractivity contribution in [1.29, 1.82) is 0 Å². The zero-order valence-electron chi connectivity index (χ0n) is 13.8. The first kappa shape index (κ1) is 16.3. The molecule has 0 aliphatic carbocycles. The van der Waals surface area contributed by atoms with Crippen molar-refractivity contribution < 1.29 is 9.21 Å². The minimum atomic E-state index is -0.138. The lowest BCUT2D eigenvalue weighted by molar-refractivity contribution is 0.103. The van der Waals surface area contributed by atoms with Crippen LogP contribution in [0.1, 0.15) is 32.3 Å². The van der Waals surface area contributed by atoms with E-state index in [2.05, 4.69) is 21.7 Å². The molecule has 124 valence electrons. The highest BCUT2D eigenvalue weighted by atomic mass is 32.1. The number of rotatable bonds is 5. The maximum absolute atomic E-state index is 12.5. The smallest absolute Gasteiger partial charge is 0.267 e. The van der Waals surface area contributed by atoms with E-state index in [1.807, 2.05) is 45.0 Å². The average molecular weight is 341 g/mol. The number of thiazole rings is 1. The van der Waals surface area contributed by atoms with Gasteiger partial charge in [0.05, 0.1) is 18.5 Å². The Labute approximate surface area is 144 Å². The van der Waals surface area contributed by atoms with E-state index in [1.54, 1.807) is 6.26 Å². The number of aromatic nitrogens is 1. The molecule has 3 rings (SSSR count). The molecule has 2 heterocycles. The highest BCUT2D eigenvalue weighted by molar-refractivity contribution is 7.17. The first-order valence-corrected chi connectivity index (χ1v) is 8.46. The van der Waals surface area contributed by atoms with Gasteiger partial charge in [0.2, 0.25) is 0 Å². The summed E-state index contributed by atoms with van der Waals surface area (Å²) in [6, 6.07) is 9.72. The summed E-state index contributed by atoms with van der Waals surface area (Å²) in [6.07, 6.45) is 1.63. The summed E-state index contributed by atoms with van der Waals surface area (Å²) in [5.74, 6) is 0.685. The van der Waals surface area contributed by atoms with E-state index in [1.165, 1.54) is 11.3 Å². The summed E-state index contributed by atoms with van der Waals surface area (Å²) < 4.78 is 5.28. The van der Waals surface area contributed by atoms with Gasteiger partial charge in [0.15, 0.2) is 5.13 Å². The minimum Gasteiger partial charge on any atom is -0.467 e. The van der Waals surface area contributed by atoms with E-state index in [0.29, 0.717) is 22.2 Å². The molecular formula is C18H19N3O2S. The highest BCUT2D eigenvalue weighted by Crippen LogP contribution is 2.24. The van der Waals surface area contributed by atoms with Gasteiger partial charge in [0, 0.05) is 5.69 Å². The number of hydrogen-bond donors (Lipinski definition) is 2. The van der Waals surface area contributed by atoms with Crippen LogP contribution in [0.5, 0.6) is 0 Å². The third-order valence-corrected chi connectivity index (χ3v) is 4.59. The first-order chi connectivity index (χ1) is 11.5. The Hall–Kier alpha value is -2.60. The highest BCUT2D eigenvalue weighted by Gasteiger charge is 2.16. The number of aryl methyl sites for hydroxylation is 3. The van der Waals surface area contributed by atoms with Crippen molar-refractivity contribution in [3.63, 3.8) is 0 Å². The van der Waals surface area contributed by atoms with E-state index >= 15 is 0 Å². The van der Waals surface area contributed by atoms with Crippen molar-refractivity contribution in [2.75, 3.05) is 10.6 Å². The van der Waals surface area contributed by atoms with Crippen LogP contribution >= 0.6 is 11.3 Å². The molecular weight excluding hydrogens is 322 g/mol. The van der Waals surface area contributed by atoms with Crippen molar-refractivity contribution in [2.24, 2.45) is 0 Å². The van der Waals surface area contributed by atoms with Gasteiger partial charge in [-0.3, -0.25) is 4.79 Å². The molecule has 0 saturated carbocycles. The monoisotopic (exact) mass is 341 g/mol. The van der Waals surface area contributed by atoms with E-state index in [0.717, 1.165) is 22.6 Å². The summed E-state index contributed by atoms with van der Waals surface area (Å²) in [6.45, 7) is 6.40. The standard InChI is InChI=1S/C18H19N3O2S/c1-11-7-12(2)9-14(8-11)21-17(22)16-13(3)20-18(24-16)19-10-15-5-4-6-23-15/h4-9H,10H2,1-3H3,(H,19,20)(H,21,22). The molecule has 0 radical (unpaired) electrons. The Bertz CT molecular complexity index is 833. The Morgan fingerprint density at radius 1 is 1.21 bits per heavy atom. The van der Waals surface area contributed by atoms with Crippen LogP contribution in [0.25, 0.3) is 0 Å². The fraction of sp³-hybridized carbons (Fsp3) is 0.222. The molecule has 0 saturated heterocycles. The lowest BCUT2D eigenvalue weighted by Crippen LogP contribution is -2.11. The van der Waals surface area contributed by atoms with Gasteiger partial charge in [-0.15, -0.1) is 0 Å². The number of carbonyl (C=O) groups is 1. The third-order valence-electron chi connectivity index (χ3n) is 3.48. The van der Waals surface area contributed by atoms with Gasteiger partial charge in [0.1, 0.15) is 10.6 Å². The van der Waals surface area contributed by atoms with Gasteiger partial charge in [-0.2, -0.15) is 0 Å². The molecule has 0 fully saturated rings. The minimum absolute atomic E-state index is 0.138. The Balaban J connectivity index is 1.70.